The first-order valence-corrected chi connectivity index (χ1v) is 10.8. The fourth-order valence-electron chi connectivity index (χ4n) is 3.56. The number of benzene rings is 3. The third kappa shape index (κ3) is 4.72. The van der Waals surface area contributed by atoms with Crippen LogP contribution in [0.4, 0.5) is 0 Å². The van der Waals surface area contributed by atoms with E-state index in [1.165, 1.54) is 12.1 Å². The Bertz CT molecular complexity index is 1260. The molecule has 3 aromatic carbocycles. The fraction of sp³-hybridized carbons (Fsp3) is 0.167. The van der Waals surface area contributed by atoms with Gasteiger partial charge in [-0.2, -0.15) is 0 Å². The highest BCUT2D eigenvalue weighted by Gasteiger charge is 2.11. The molecule has 4 rings (SSSR count). The summed E-state index contributed by atoms with van der Waals surface area (Å²) in [6.07, 6.45) is 0.726. The molecule has 4 aromatic rings. The van der Waals surface area contributed by atoms with E-state index in [0.717, 1.165) is 27.5 Å². The molecule has 2 N–H and O–H groups in total. The molecule has 6 nitrogen and oxygen atoms in total. The normalized spacial score (nSPS) is 11.0. The van der Waals surface area contributed by atoms with E-state index in [-0.39, 0.29) is 5.56 Å². The molecule has 0 saturated heterocycles. The number of fused-ring (bicyclic) bond motifs is 1. The lowest BCUT2D eigenvalue weighted by atomic mass is 10.2. The number of aryl methyl sites for hydroxylation is 1. The van der Waals surface area contributed by atoms with Gasteiger partial charge in [0.25, 0.3) is 0 Å². The number of hydrogen-bond acceptors (Lipinski definition) is 3. The van der Waals surface area contributed by atoms with Crippen LogP contribution >= 0.6 is 15.9 Å². The van der Waals surface area contributed by atoms with Crippen LogP contribution in [0.5, 0.6) is 5.75 Å². The predicted molar refractivity (Wildman–Crippen MR) is 123 cm³/mol. The monoisotopic (exact) mass is 479 g/mol. The molecule has 1 aromatic heterocycles. The minimum atomic E-state index is -0.953. The SMILES string of the molecule is N=c1n(CCCOc2ccc(C(=O)O)cc2)c2ccccc2n1Cc1ccc(Br)cc1. The quantitative estimate of drug-likeness (QED) is 0.352. The van der Waals surface area contributed by atoms with Crippen molar-refractivity contribution in [1.29, 1.82) is 5.41 Å². The van der Waals surface area contributed by atoms with Crippen LogP contribution in [0.25, 0.3) is 11.0 Å². The molecular formula is C24H22BrN3O3. The topological polar surface area (TPSA) is 80.2 Å². The number of hydrogen-bond donors (Lipinski definition) is 2. The standard InChI is InChI=1S/C24H22BrN3O3/c25-19-10-6-17(7-11-19)16-28-22-5-2-1-4-21(22)27(24(28)26)14-3-15-31-20-12-8-18(9-13-20)23(29)30/h1-2,4-13,26H,3,14-16H2,(H,29,30). The highest BCUT2D eigenvalue weighted by molar-refractivity contribution is 9.10. The van der Waals surface area contributed by atoms with Gasteiger partial charge in [-0.25, -0.2) is 4.79 Å². The molecule has 31 heavy (non-hydrogen) atoms. The van der Waals surface area contributed by atoms with Crippen molar-refractivity contribution in [3.05, 3.63) is 94.0 Å². The van der Waals surface area contributed by atoms with Crippen LogP contribution in [-0.4, -0.2) is 26.8 Å². The highest BCUT2D eigenvalue weighted by Crippen LogP contribution is 2.17. The van der Waals surface area contributed by atoms with E-state index in [2.05, 4.69) is 28.1 Å². The zero-order valence-electron chi connectivity index (χ0n) is 16.8. The molecule has 0 aliphatic rings. The Labute approximate surface area is 188 Å². The number of rotatable bonds is 8. The Morgan fingerprint density at radius 3 is 2.23 bits per heavy atom. The van der Waals surface area contributed by atoms with Crippen molar-refractivity contribution in [2.24, 2.45) is 0 Å². The molecule has 0 radical (unpaired) electrons. The van der Waals surface area contributed by atoms with Gasteiger partial charge < -0.3 is 19.0 Å². The first-order chi connectivity index (χ1) is 15.0. The maximum absolute atomic E-state index is 10.9. The van der Waals surface area contributed by atoms with E-state index >= 15 is 0 Å². The van der Waals surface area contributed by atoms with Crippen LogP contribution in [0.15, 0.2) is 77.3 Å². The molecule has 0 fully saturated rings. The predicted octanol–water partition coefficient (Wildman–Crippen LogP) is 4.90. The summed E-state index contributed by atoms with van der Waals surface area (Å²) in [7, 11) is 0. The number of aromatic nitrogens is 2. The maximum atomic E-state index is 10.9. The Morgan fingerprint density at radius 2 is 1.58 bits per heavy atom. The summed E-state index contributed by atoms with van der Waals surface area (Å²) in [6, 6.07) is 22.6. The molecule has 0 atom stereocenters. The number of nitrogens with one attached hydrogen (secondary N) is 1. The summed E-state index contributed by atoms with van der Waals surface area (Å²) in [4.78, 5) is 10.9. The summed E-state index contributed by atoms with van der Waals surface area (Å²) >= 11 is 3.47. The summed E-state index contributed by atoms with van der Waals surface area (Å²) in [5, 5.41) is 17.7. The summed E-state index contributed by atoms with van der Waals surface area (Å²) in [5.41, 5.74) is 3.88. The number of halogens is 1. The molecule has 0 saturated carbocycles. The molecule has 0 aliphatic carbocycles. The van der Waals surface area contributed by atoms with Gasteiger partial charge in [-0.15, -0.1) is 0 Å². The number of carboxylic acid groups (broad SMARTS) is 1. The van der Waals surface area contributed by atoms with Crippen molar-refractivity contribution < 1.29 is 14.6 Å². The number of imidazole rings is 1. The molecular weight excluding hydrogens is 458 g/mol. The summed E-state index contributed by atoms with van der Waals surface area (Å²) in [5.74, 6) is -0.316. The third-order valence-electron chi connectivity index (χ3n) is 5.12. The zero-order valence-corrected chi connectivity index (χ0v) is 18.4. The first-order valence-electron chi connectivity index (χ1n) is 9.96. The lowest BCUT2D eigenvalue weighted by molar-refractivity contribution is 0.0697. The van der Waals surface area contributed by atoms with Gasteiger partial charge in [-0.3, -0.25) is 5.41 Å². The van der Waals surface area contributed by atoms with Crippen LogP contribution in [0.3, 0.4) is 0 Å². The Kier molecular flexibility index (Phi) is 6.23. The smallest absolute Gasteiger partial charge is 0.335 e. The number of carbonyl (C=O) groups is 1. The minimum Gasteiger partial charge on any atom is -0.494 e. The van der Waals surface area contributed by atoms with Gasteiger partial charge >= 0.3 is 5.97 Å². The average Bonchev–Trinajstić information content (AvgIpc) is 3.04. The fourth-order valence-corrected chi connectivity index (χ4v) is 3.82. The van der Waals surface area contributed by atoms with E-state index in [1.54, 1.807) is 12.1 Å². The van der Waals surface area contributed by atoms with Gasteiger partial charge in [0.1, 0.15) is 5.75 Å². The summed E-state index contributed by atoms with van der Waals surface area (Å²) in [6.45, 7) is 1.76. The van der Waals surface area contributed by atoms with E-state index in [9.17, 15) is 4.79 Å². The van der Waals surface area contributed by atoms with Crippen LogP contribution in [-0.2, 0) is 13.1 Å². The zero-order chi connectivity index (χ0) is 21.8. The van der Waals surface area contributed by atoms with Crippen LogP contribution in [0.1, 0.15) is 22.3 Å². The van der Waals surface area contributed by atoms with E-state index < -0.39 is 5.97 Å². The van der Waals surface area contributed by atoms with Gasteiger partial charge in [-0.05, 0) is 60.5 Å². The van der Waals surface area contributed by atoms with Gasteiger partial charge in [0.15, 0.2) is 0 Å². The molecule has 0 unspecified atom stereocenters. The van der Waals surface area contributed by atoms with E-state index in [1.807, 2.05) is 45.5 Å². The van der Waals surface area contributed by atoms with Gasteiger partial charge in [0.2, 0.25) is 5.62 Å². The van der Waals surface area contributed by atoms with Gasteiger partial charge in [0, 0.05) is 11.0 Å². The highest BCUT2D eigenvalue weighted by atomic mass is 79.9. The van der Waals surface area contributed by atoms with Crippen LogP contribution in [0, 0.1) is 5.41 Å². The third-order valence-corrected chi connectivity index (χ3v) is 5.65. The Balaban J connectivity index is 1.47. The molecule has 1 heterocycles. The lowest BCUT2D eigenvalue weighted by Gasteiger charge is -2.08. The lowest BCUT2D eigenvalue weighted by Crippen LogP contribution is -2.25. The second kappa shape index (κ2) is 9.22. The van der Waals surface area contributed by atoms with Crippen molar-refractivity contribution in [3.63, 3.8) is 0 Å². The van der Waals surface area contributed by atoms with Crippen molar-refractivity contribution in [3.8, 4) is 5.75 Å². The van der Waals surface area contributed by atoms with Crippen molar-refractivity contribution in [1.82, 2.24) is 9.13 Å². The number of ether oxygens (including phenoxy) is 1. The van der Waals surface area contributed by atoms with Crippen molar-refractivity contribution in [2.75, 3.05) is 6.61 Å². The average molecular weight is 480 g/mol. The van der Waals surface area contributed by atoms with Crippen LogP contribution < -0.4 is 10.4 Å². The number of para-hydroxylation sites is 2. The molecule has 0 bridgehead atoms. The van der Waals surface area contributed by atoms with Gasteiger partial charge in [-0.1, -0.05) is 40.2 Å². The van der Waals surface area contributed by atoms with Crippen molar-refractivity contribution >= 4 is 32.9 Å². The molecule has 0 spiro atoms. The molecule has 0 amide bonds. The largest absolute Gasteiger partial charge is 0.494 e. The van der Waals surface area contributed by atoms with E-state index in [0.29, 0.717) is 31.1 Å². The summed E-state index contributed by atoms with van der Waals surface area (Å²) < 4.78 is 10.8. The number of nitrogens with zero attached hydrogens (tertiary/aromatic N) is 2. The molecule has 0 aliphatic heterocycles. The van der Waals surface area contributed by atoms with Crippen LogP contribution in [0.2, 0.25) is 0 Å². The maximum Gasteiger partial charge on any atom is 0.335 e. The first kappa shape index (κ1) is 20.9. The second-order valence-corrected chi connectivity index (χ2v) is 8.12. The Morgan fingerprint density at radius 1 is 0.935 bits per heavy atom. The molecule has 158 valence electrons. The van der Waals surface area contributed by atoms with Crippen molar-refractivity contribution in [2.45, 2.75) is 19.5 Å². The number of aromatic carboxylic acids is 1. The van der Waals surface area contributed by atoms with E-state index in [4.69, 9.17) is 15.3 Å². The number of carboxylic acids is 1. The second-order valence-electron chi connectivity index (χ2n) is 7.21. The van der Waals surface area contributed by atoms with Gasteiger partial charge in [0.05, 0.1) is 29.7 Å². The minimum absolute atomic E-state index is 0.236. The molecule has 7 heteroatoms. The Hall–Kier alpha value is -3.32.